The largest absolute Gasteiger partial charge is 0.467 e. The van der Waals surface area contributed by atoms with E-state index in [1.165, 1.54) is 18.5 Å². The fourth-order valence-electron chi connectivity index (χ4n) is 2.66. The minimum Gasteiger partial charge on any atom is -0.467 e. The van der Waals surface area contributed by atoms with Crippen LogP contribution in [0.2, 0.25) is 0 Å². The van der Waals surface area contributed by atoms with Crippen LogP contribution in [0.5, 0.6) is 0 Å². The molecule has 4 unspecified atom stereocenters. The van der Waals surface area contributed by atoms with Crippen LogP contribution in [0.4, 0.5) is 10.2 Å². The Kier molecular flexibility index (Phi) is 4.71. The number of anilines is 1. The van der Waals surface area contributed by atoms with Crippen LogP contribution in [0.3, 0.4) is 0 Å². The topological polar surface area (TPSA) is 110 Å². The molecule has 3 rings (SSSR count). The van der Waals surface area contributed by atoms with Gasteiger partial charge >= 0.3 is 5.69 Å². The van der Waals surface area contributed by atoms with Gasteiger partial charge in [0.25, 0.3) is 0 Å². The monoisotopic (exact) mass is 351 g/mol. The van der Waals surface area contributed by atoms with E-state index in [0.29, 0.717) is 12.3 Å². The molecule has 1 aliphatic heterocycles. The number of hydrogen-bond donors (Lipinski definition) is 3. The molecule has 2 aromatic rings. The lowest BCUT2D eigenvalue weighted by molar-refractivity contribution is -0.0982. The summed E-state index contributed by atoms with van der Waals surface area (Å²) < 4.78 is 25.9. The van der Waals surface area contributed by atoms with Crippen LogP contribution in [-0.4, -0.2) is 44.2 Å². The van der Waals surface area contributed by atoms with Gasteiger partial charge < -0.3 is 24.7 Å². The van der Waals surface area contributed by atoms with Crippen LogP contribution in [0.15, 0.2) is 52.5 Å². The van der Waals surface area contributed by atoms with Crippen molar-refractivity contribution in [3.63, 3.8) is 0 Å². The first-order valence-electron chi connectivity index (χ1n) is 7.60. The zero-order chi connectivity index (χ0) is 18.0. The van der Waals surface area contributed by atoms with E-state index in [1.54, 1.807) is 12.1 Å². The summed E-state index contributed by atoms with van der Waals surface area (Å²) in [6, 6.07) is 4.97. The van der Waals surface area contributed by atoms with Crippen LogP contribution < -0.4 is 11.0 Å². The van der Waals surface area contributed by atoms with Crippen molar-refractivity contribution in [3.05, 3.63) is 59.6 Å². The molecular formula is C16H18FN3O5. The summed E-state index contributed by atoms with van der Waals surface area (Å²) in [5, 5.41) is 22.3. The number of aliphatic hydroxyl groups is 2. The SMILES string of the molecule is C=CC1(CO)OC(n2ccc(NCc3ccco3)nc2=O)C(F)C1O. The summed E-state index contributed by atoms with van der Waals surface area (Å²) in [4.78, 5) is 16.0. The van der Waals surface area contributed by atoms with Gasteiger partial charge in [0.2, 0.25) is 0 Å². The first-order valence-corrected chi connectivity index (χ1v) is 7.60. The van der Waals surface area contributed by atoms with Crippen molar-refractivity contribution < 1.29 is 23.8 Å². The van der Waals surface area contributed by atoms with Crippen molar-refractivity contribution >= 4 is 5.82 Å². The molecule has 1 aliphatic rings. The van der Waals surface area contributed by atoms with Gasteiger partial charge in [0.15, 0.2) is 12.4 Å². The fraction of sp³-hybridized carbons (Fsp3) is 0.375. The van der Waals surface area contributed by atoms with Gasteiger partial charge in [-0.15, -0.1) is 6.58 Å². The summed E-state index contributed by atoms with van der Waals surface area (Å²) in [7, 11) is 0. The third kappa shape index (κ3) is 3.09. The summed E-state index contributed by atoms with van der Waals surface area (Å²) in [6.45, 7) is 3.11. The highest BCUT2D eigenvalue weighted by atomic mass is 19.1. The number of rotatable bonds is 6. The summed E-state index contributed by atoms with van der Waals surface area (Å²) >= 11 is 0. The number of furan rings is 1. The highest BCUT2D eigenvalue weighted by Crippen LogP contribution is 2.39. The number of nitrogens with one attached hydrogen (secondary N) is 1. The Morgan fingerprint density at radius 3 is 2.88 bits per heavy atom. The van der Waals surface area contributed by atoms with Crippen molar-refractivity contribution in [2.45, 2.75) is 30.6 Å². The van der Waals surface area contributed by atoms with Gasteiger partial charge in [-0.2, -0.15) is 4.98 Å². The Morgan fingerprint density at radius 2 is 2.32 bits per heavy atom. The molecule has 0 aliphatic carbocycles. The lowest BCUT2D eigenvalue weighted by Gasteiger charge is -2.25. The molecule has 4 atom stereocenters. The molecule has 3 N–H and O–H groups in total. The molecule has 0 aromatic carbocycles. The predicted molar refractivity (Wildman–Crippen MR) is 85.6 cm³/mol. The van der Waals surface area contributed by atoms with Crippen molar-refractivity contribution in [1.82, 2.24) is 9.55 Å². The highest BCUT2D eigenvalue weighted by molar-refractivity contribution is 5.32. The Balaban J connectivity index is 1.79. The van der Waals surface area contributed by atoms with E-state index in [1.807, 2.05) is 0 Å². The van der Waals surface area contributed by atoms with Crippen LogP contribution >= 0.6 is 0 Å². The van der Waals surface area contributed by atoms with E-state index in [-0.39, 0.29) is 5.82 Å². The molecule has 9 heteroatoms. The van der Waals surface area contributed by atoms with Gasteiger partial charge in [-0.25, -0.2) is 9.18 Å². The van der Waals surface area contributed by atoms with E-state index in [2.05, 4.69) is 16.9 Å². The smallest absolute Gasteiger partial charge is 0.351 e. The van der Waals surface area contributed by atoms with E-state index < -0.39 is 36.4 Å². The van der Waals surface area contributed by atoms with Crippen LogP contribution in [0.25, 0.3) is 0 Å². The molecule has 1 saturated heterocycles. The molecule has 0 radical (unpaired) electrons. The molecule has 0 saturated carbocycles. The second kappa shape index (κ2) is 6.79. The maximum absolute atomic E-state index is 14.4. The third-order valence-corrected chi connectivity index (χ3v) is 4.14. The molecule has 134 valence electrons. The lowest BCUT2D eigenvalue weighted by Crippen LogP contribution is -2.43. The first-order chi connectivity index (χ1) is 12.0. The highest BCUT2D eigenvalue weighted by Gasteiger charge is 2.54. The minimum atomic E-state index is -1.92. The zero-order valence-corrected chi connectivity index (χ0v) is 13.2. The van der Waals surface area contributed by atoms with E-state index in [4.69, 9.17) is 9.15 Å². The fourth-order valence-corrected chi connectivity index (χ4v) is 2.66. The molecule has 8 nitrogen and oxygen atoms in total. The maximum Gasteiger partial charge on any atom is 0.351 e. The summed E-state index contributed by atoms with van der Waals surface area (Å²) in [5.41, 5.74) is -2.43. The maximum atomic E-state index is 14.4. The van der Waals surface area contributed by atoms with Gasteiger partial charge in [0, 0.05) is 6.20 Å². The number of nitrogens with zero attached hydrogens (tertiary/aromatic N) is 2. The van der Waals surface area contributed by atoms with Crippen LogP contribution in [0, 0.1) is 0 Å². The van der Waals surface area contributed by atoms with Gasteiger partial charge in [-0.05, 0) is 18.2 Å². The van der Waals surface area contributed by atoms with Crippen LogP contribution in [-0.2, 0) is 11.3 Å². The normalized spacial score (nSPS) is 28.8. The number of aromatic nitrogens is 2. The minimum absolute atomic E-state index is 0.281. The molecule has 1 fully saturated rings. The van der Waals surface area contributed by atoms with E-state index in [9.17, 15) is 19.4 Å². The van der Waals surface area contributed by atoms with Gasteiger partial charge in [-0.3, -0.25) is 4.57 Å². The van der Waals surface area contributed by atoms with E-state index >= 15 is 0 Å². The second-order valence-electron chi connectivity index (χ2n) is 5.65. The van der Waals surface area contributed by atoms with Crippen molar-refractivity contribution in [1.29, 1.82) is 0 Å². The Labute approximate surface area is 142 Å². The second-order valence-corrected chi connectivity index (χ2v) is 5.65. The molecule has 0 bridgehead atoms. The molecule has 2 aromatic heterocycles. The average molecular weight is 351 g/mol. The third-order valence-electron chi connectivity index (χ3n) is 4.14. The molecule has 25 heavy (non-hydrogen) atoms. The number of hydrogen-bond acceptors (Lipinski definition) is 7. The predicted octanol–water partition coefficient (Wildman–Crippen LogP) is 0.593. The molecule has 3 heterocycles. The average Bonchev–Trinajstić information content (AvgIpc) is 3.22. The molecule has 0 amide bonds. The Morgan fingerprint density at radius 1 is 1.52 bits per heavy atom. The lowest BCUT2D eigenvalue weighted by atomic mass is 9.97. The number of aliphatic hydroxyl groups excluding tert-OH is 2. The Bertz CT molecular complexity index is 793. The van der Waals surface area contributed by atoms with Crippen molar-refractivity contribution in [2.75, 3.05) is 11.9 Å². The van der Waals surface area contributed by atoms with Crippen molar-refractivity contribution in [2.24, 2.45) is 0 Å². The van der Waals surface area contributed by atoms with Crippen LogP contribution in [0.1, 0.15) is 12.0 Å². The molecular weight excluding hydrogens is 333 g/mol. The van der Waals surface area contributed by atoms with Gasteiger partial charge in [0.05, 0.1) is 19.4 Å². The first kappa shape index (κ1) is 17.3. The number of alkyl halides is 1. The van der Waals surface area contributed by atoms with Gasteiger partial charge in [-0.1, -0.05) is 6.08 Å². The molecule has 0 spiro atoms. The standard InChI is InChI=1S/C16H18FN3O5/c1-2-16(9-21)13(22)12(17)14(25-16)20-6-5-11(19-15(20)23)18-8-10-4-3-7-24-10/h2-7,12-14,21-22H,1,8-9H2,(H,18,19,23). The summed E-state index contributed by atoms with van der Waals surface area (Å²) in [6.07, 6.45) is -1.03. The number of ether oxygens (including phenoxy) is 1. The van der Waals surface area contributed by atoms with Gasteiger partial charge in [0.1, 0.15) is 23.3 Å². The number of halogens is 1. The quantitative estimate of drug-likeness (QED) is 0.654. The van der Waals surface area contributed by atoms with Crippen molar-refractivity contribution in [3.8, 4) is 0 Å². The summed E-state index contributed by atoms with van der Waals surface area (Å²) in [5.74, 6) is 0.944. The zero-order valence-electron chi connectivity index (χ0n) is 13.2. The van der Waals surface area contributed by atoms with E-state index in [0.717, 1.165) is 10.6 Å². The Hall–Kier alpha value is -2.49.